The summed E-state index contributed by atoms with van der Waals surface area (Å²) in [6, 6.07) is 0. The molecule has 0 N–H and O–H groups in total. The molecule has 0 nitrogen and oxygen atoms in total. The molecule has 0 saturated heterocycles. The average Bonchev–Trinajstić information content (AvgIpc) is 2.26. The van der Waals surface area contributed by atoms with Crippen LogP contribution in [0.5, 0.6) is 0 Å². The molecule has 0 bridgehead atoms. The molecule has 0 amide bonds. The van der Waals surface area contributed by atoms with Crippen LogP contribution in [-0.4, -0.2) is 22.7 Å². The minimum atomic E-state index is -1.17. The molecule has 1 radical (unpaired) electrons. The second-order valence-electron chi connectivity index (χ2n) is 7.61. The number of hydrogen-bond acceptors (Lipinski definition) is 0. The van der Waals surface area contributed by atoms with Crippen molar-refractivity contribution in [1.29, 1.82) is 0 Å². The SMILES string of the molecule is CC(C)CC[CH2][Pb]([CH2]CCC(C)C)[CH2]CCC(C)C. The summed E-state index contributed by atoms with van der Waals surface area (Å²) in [6.07, 6.45) is 9.06. The van der Waals surface area contributed by atoms with E-state index in [4.69, 9.17) is 0 Å². The molecule has 0 atom stereocenters. The molecule has 0 aromatic heterocycles. The van der Waals surface area contributed by atoms with Gasteiger partial charge in [0.1, 0.15) is 0 Å². The van der Waals surface area contributed by atoms with Crippen molar-refractivity contribution >= 4 is 22.7 Å². The Bertz CT molecular complexity index is 151. The molecule has 0 aliphatic rings. The van der Waals surface area contributed by atoms with Gasteiger partial charge in [0.2, 0.25) is 0 Å². The van der Waals surface area contributed by atoms with Gasteiger partial charge in [0.15, 0.2) is 0 Å². The van der Waals surface area contributed by atoms with Crippen LogP contribution in [0.25, 0.3) is 0 Å². The van der Waals surface area contributed by atoms with Crippen molar-refractivity contribution in [2.45, 2.75) is 92.0 Å². The van der Waals surface area contributed by atoms with Gasteiger partial charge >= 0.3 is 132 Å². The fraction of sp³-hybridized carbons (Fsp3) is 1.00. The summed E-state index contributed by atoms with van der Waals surface area (Å²) in [6.45, 7) is 14.3. The van der Waals surface area contributed by atoms with Crippen LogP contribution in [0.4, 0.5) is 0 Å². The van der Waals surface area contributed by atoms with Crippen LogP contribution in [0.2, 0.25) is 11.9 Å². The van der Waals surface area contributed by atoms with Crippen LogP contribution in [0.1, 0.15) is 80.1 Å². The van der Waals surface area contributed by atoms with Gasteiger partial charge in [-0.1, -0.05) is 0 Å². The molecule has 0 rings (SSSR count). The Kier molecular flexibility index (Phi) is 13.3. The third-order valence-electron chi connectivity index (χ3n) is 3.94. The van der Waals surface area contributed by atoms with Gasteiger partial charge in [-0.3, -0.25) is 0 Å². The van der Waals surface area contributed by atoms with Crippen molar-refractivity contribution in [3.8, 4) is 0 Å². The van der Waals surface area contributed by atoms with E-state index in [9.17, 15) is 0 Å². The molecule has 1 heteroatoms. The topological polar surface area (TPSA) is 0 Å². The molecule has 0 aliphatic heterocycles. The fourth-order valence-electron chi connectivity index (χ4n) is 2.66. The van der Waals surface area contributed by atoms with Gasteiger partial charge in [0.05, 0.1) is 0 Å². The first-order valence-corrected chi connectivity index (χ1v) is 17.0. The Morgan fingerprint density at radius 3 is 1.00 bits per heavy atom. The molecule has 0 saturated carbocycles. The van der Waals surface area contributed by atoms with Crippen molar-refractivity contribution in [2.75, 3.05) is 0 Å². The Labute approximate surface area is 132 Å². The average molecular weight is 463 g/mol. The molecular weight excluding hydrogens is 423 g/mol. The van der Waals surface area contributed by atoms with Crippen LogP contribution in [0, 0.1) is 17.8 Å². The molecular formula is C18H39Pb. The second kappa shape index (κ2) is 12.6. The maximum absolute atomic E-state index is 2.38. The fourth-order valence-corrected chi connectivity index (χ4v) is 13.8. The van der Waals surface area contributed by atoms with Crippen LogP contribution in [0.15, 0.2) is 0 Å². The third-order valence-corrected chi connectivity index (χ3v) is 16.3. The predicted octanol–water partition coefficient (Wildman–Crippen LogP) is 6.79. The zero-order chi connectivity index (χ0) is 14.7. The predicted molar refractivity (Wildman–Crippen MR) is 92.4 cm³/mol. The van der Waals surface area contributed by atoms with Crippen molar-refractivity contribution < 1.29 is 0 Å². The first-order chi connectivity index (χ1) is 8.91. The summed E-state index contributed by atoms with van der Waals surface area (Å²) in [5.74, 6) is 2.75. The van der Waals surface area contributed by atoms with E-state index in [1.54, 1.807) is 31.2 Å². The van der Waals surface area contributed by atoms with Crippen molar-refractivity contribution in [3.05, 3.63) is 0 Å². The second-order valence-corrected chi connectivity index (χ2v) is 19.3. The first kappa shape index (κ1) is 19.9. The van der Waals surface area contributed by atoms with Gasteiger partial charge in [0.25, 0.3) is 0 Å². The van der Waals surface area contributed by atoms with Gasteiger partial charge in [-0.2, -0.15) is 0 Å². The number of hydrogen-bond donors (Lipinski definition) is 0. The molecule has 0 heterocycles. The number of rotatable bonds is 12. The van der Waals surface area contributed by atoms with Gasteiger partial charge in [0, 0.05) is 0 Å². The molecule has 19 heavy (non-hydrogen) atoms. The van der Waals surface area contributed by atoms with Crippen LogP contribution < -0.4 is 0 Å². The van der Waals surface area contributed by atoms with E-state index in [1.807, 2.05) is 0 Å². The van der Waals surface area contributed by atoms with E-state index >= 15 is 0 Å². The summed E-state index contributed by atoms with van der Waals surface area (Å²) in [5, 5.41) is 0. The summed E-state index contributed by atoms with van der Waals surface area (Å²) >= 11 is -1.17. The molecule has 0 aromatic rings. The maximum atomic E-state index is 2.38. The van der Waals surface area contributed by atoms with E-state index in [1.165, 1.54) is 19.3 Å². The van der Waals surface area contributed by atoms with Crippen molar-refractivity contribution in [1.82, 2.24) is 0 Å². The molecule has 115 valence electrons. The zero-order valence-corrected chi connectivity index (χ0v) is 18.5. The van der Waals surface area contributed by atoms with Gasteiger partial charge in [-0.25, -0.2) is 0 Å². The summed E-state index contributed by atoms with van der Waals surface area (Å²) in [4.78, 5) is 0. The van der Waals surface area contributed by atoms with Crippen LogP contribution in [-0.2, 0) is 0 Å². The molecule has 0 aliphatic carbocycles. The van der Waals surface area contributed by atoms with E-state index in [0.717, 1.165) is 17.8 Å². The van der Waals surface area contributed by atoms with Crippen LogP contribution >= 0.6 is 0 Å². The van der Waals surface area contributed by atoms with E-state index in [-0.39, 0.29) is 0 Å². The monoisotopic (exact) mass is 463 g/mol. The normalized spacial score (nSPS) is 12.3. The Hall–Kier alpha value is 0.922. The van der Waals surface area contributed by atoms with Gasteiger partial charge < -0.3 is 0 Å². The quantitative estimate of drug-likeness (QED) is 0.280. The van der Waals surface area contributed by atoms with Crippen molar-refractivity contribution in [2.24, 2.45) is 17.8 Å². The molecule has 0 spiro atoms. The van der Waals surface area contributed by atoms with Gasteiger partial charge in [-0.05, 0) is 0 Å². The summed E-state index contributed by atoms with van der Waals surface area (Å²) in [7, 11) is 0. The Morgan fingerprint density at radius 1 is 0.526 bits per heavy atom. The molecule has 0 aromatic carbocycles. The first-order valence-electron chi connectivity index (χ1n) is 8.75. The van der Waals surface area contributed by atoms with Crippen molar-refractivity contribution in [3.63, 3.8) is 0 Å². The zero-order valence-electron chi connectivity index (χ0n) is 14.6. The summed E-state index contributed by atoms with van der Waals surface area (Å²) in [5.41, 5.74) is 0. The standard InChI is InChI=1S/3C6H13.Pb/c3*1-4-5-6(2)3;/h3*6H,1,4-5H2,2-3H3;. The van der Waals surface area contributed by atoms with E-state index < -0.39 is 22.7 Å². The Morgan fingerprint density at radius 2 is 0.789 bits per heavy atom. The Balaban J connectivity index is 3.85. The summed E-state index contributed by atoms with van der Waals surface area (Å²) < 4.78 is 5.08. The van der Waals surface area contributed by atoms with Gasteiger partial charge in [-0.15, -0.1) is 0 Å². The molecule has 0 fully saturated rings. The van der Waals surface area contributed by atoms with E-state index in [0.29, 0.717) is 0 Å². The molecule has 0 unspecified atom stereocenters. The van der Waals surface area contributed by atoms with Crippen LogP contribution in [0.3, 0.4) is 0 Å². The minimum absolute atomic E-state index is 0.916. The van der Waals surface area contributed by atoms with E-state index in [2.05, 4.69) is 41.5 Å². The third kappa shape index (κ3) is 15.1.